The molecule has 1 aromatic heterocycles. The summed E-state index contributed by atoms with van der Waals surface area (Å²) in [7, 11) is 0. The lowest BCUT2D eigenvalue weighted by molar-refractivity contribution is 0.157. The number of rotatable bonds is 5. The van der Waals surface area contributed by atoms with Gasteiger partial charge in [-0.25, -0.2) is 0 Å². The number of piperidine rings is 1. The molecule has 0 unspecified atom stereocenters. The van der Waals surface area contributed by atoms with Crippen LogP contribution in [-0.2, 0) is 0 Å². The smallest absolute Gasteiger partial charge is 0.231 e. The van der Waals surface area contributed by atoms with Crippen molar-refractivity contribution >= 4 is 29.2 Å². The van der Waals surface area contributed by atoms with Crippen LogP contribution in [0.3, 0.4) is 0 Å². The van der Waals surface area contributed by atoms with Crippen LogP contribution in [0.2, 0.25) is 10.6 Å². The summed E-state index contributed by atoms with van der Waals surface area (Å²) < 4.78 is 0. The normalized spacial score (nSPS) is 20.5. The first kappa shape index (κ1) is 18.7. The molecular weight excluding hydrogens is 333 g/mol. The molecule has 1 aliphatic heterocycles. The maximum Gasteiger partial charge on any atom is 0.231 e. The highest BCUT2D eigenvalue weighted by atomic mass is 35.5. The van der Waals surface area contributed by atoms with Crippen molar-refractivity contribution in [1.82, 2.24) is 20.3 Å². The maximum atomic E-state index is 5.99. The molecule has 23 heavy (non-hydrogen) atoms. The first-order chi connectivity index (χ1) is 10.6. The van der Waals surface area contributed by atoms with Crippen molar-refractivity contribution in [2.45, 2.75) is 77.4 Å². The van der Waals surface area contributed by atoms with E-state index in [2.05, 4.69) is 59.8 Å². The van der Waals surface area contributed by atoms with Gasteiger partial charge in [-0.05, 0) is 70.2 Å². The summed E-state index contributed by atoms with van der Waals surface area (Å²) >= 11 is 12.0. The van der Waals surface area contributed by atoms with Crippen LogP contribution in [0.15, 0.2) is 0 Å². The molecule has 0 spiro atoms. The van der Waals surface area contributed by atoms with Crippen molar-refractivity contribution in [3.63, 3.8) is 0 Å². The van der Waals surface area contributed by atoms with E-state index in [0.717, 1.165) is 32.2 Å². The molecule has 1 aromatic rings. The summed E-state index contributed by atoms with van der Waals surface area (Å²) in [6.45, 7) is 12.0. The highest BCUT2D eigenvalue weighted by Gasteiger charge is 2.40. The van der Waals surface area contributed by atoms with Gasteiger partial charge in [0, 0.05) is 23.7 Å². The lowest BCUT2D eigenvalue weighted by Gasteiger charge is -2.49. The van der Waals surface area contributed by atoms with Crippen LogP contribution in [0.25, 0.3) is 0 Å². The molecule has 130 valence electrons. The second-order valence-corrected chi connectivity index (χ2v) is 8.35. The molecule has 1 aliphatic rings. The Labute approximate surface area is 149 Å². The summed E-state index contributed by atoms with van der Waals surface area (Å²) in [5.41, 5.74) is 0.106. The van der Waals surface area contributed by atoms with E-state index in [4.69, 9.17) is 23.2 Å². The molecule has 7 heteroatoms. The van der Waals surface area contributed by atoms with Crippen LogP contribution in [0, 0.1) is 0 Å². The van der Waals surface area contributed by atoms with Crippen LogP contribution in [-0.4, -0.2) is 38.6 Å². The highest BCUT2D eigenvalue weighted by Crippen LogP contribution is 2.33. The third-order valence-electron chi connectivity index (χ3n) is 4.19. The summed E-state index contributed by atoms with van der Waals surface area (Å²) in [6, 6.07) is 0.335. The maximum absolute atomic E-state index is 5.99. The number of hydrogen-bond donors (Lipinski definition) is 1. The number of unbranched alkanes of at least 4 members (excludes halogenated alkanes) is 1. The lowest BCUT2D eigenvalue weighted by Crippen LogP contribution is -2.62. The van der Waals surface area contributed by atoms with Gasteiger partial charge in [-0.3, -0.25) is 0 Å². The molecule has 0 aliphatic carbocycles. The van der Waals surface area contributed by atoms with Crippen molar-refractivity contribution in [3.8, 4) is 0 Å². The van der Waals surface area contributed by atoms with Gasteiger partial charge in [0.15, 0.2) is 0 Å². The number of halogens is 2. The summed E-state index contributed by atoms with van der Waals surface area (Å²) in [5.74, 6) is 0.585. The molecule has 0 aromatic carbocycles. The van der Waals surface area contributed by atoms with Gasteiger partial charge in [-0.2, -0.15) is 15.0 Å². The largest absolute Gasteiger partial charge is 0.338 e. The van der Waals surface area contributed by atoms with Crippen molar-refractivity contribution < 1.29 is 0 Å². The third kappa shape index (κ3) is 5.16. The molecule has 1 saturated heterocycles. The van der Waals surface area contributed by atoms with E-state index in [-0.39, 0.29) is 21.6 Å². The van der Waals surface area contributed by atoms with Crippen molar-refractivity contribution in [1.29, 1.82) is 0 Å². The van der Waals surface area contributed by atoms with Gasteiger partial charge in [0.1, 0.15) is 0 Å². The Bertz CT molecular complexity index is 511. The van der Waals surface area contributed by atoms with Crippen LogP contribution in [0.1, 0.15) is 60.3 Å². The zero-order chi connectivity index (χ0) is 17.3. The fourth-order valence-corrected chi connectivity index (χ4v) is 4.06. The van der Waals surface area contributed by atoms with E-state index < -0.39 is 0 Å². The number of anilines is 1. The van der Waals surface area contributed by atoms with Gasteiger partial charge in [0.05, 0.1) is 0 Å². The Morgan fingerprint density at radius 3 is 2.04 bits per heavy atom. The zero-order valence-corrected chi connectivity index (χ0v) is 16.2. The minimum atomic E-state index is 0.0531. The molecule has 0 saturated carbocycles. The second kappa shape index (κ2) is 7.08. The van der Waals surface area contributed by atoms with Gasteiger partial charge >= 0.3 is 0 Å². The Hall–Kier alpha value is -0.650. The summed E-state index contributed by atoms with van der Waals surface area (Å²) in [4.78, 5) is 14.8. The van der Waals surface area contributed by atoms with E-state index in [1.165, 1.54) is 0 Å². The van der Waals surface area contributed by atoms with Gasteiger partial charge in [0.25, 0.3) is 0 Å². The van der Waals surface area contributed by atoms with Crippen molar-refractivity contribution in [2.24, 2.45) is 0 Å². The fourth-order valence-electron chi connectivity index (χ4n) is 3.71. The number of nitrogens with one attached hydrogen (secondary N) is 1. The highest BCUT2D eigenvalue weighted by molar-refractivity contribution is 6.31. The molecule has 2 heterocycles. The van der Waals surface area contributed by atoms with Gasteiger partial charge in [-0.1, -0.05) is 13.3 Å². The molecule has 0 atom stereocenters. The molecule has 1 fully saturated rings. The molecule has 0 radical (unpaired) electrons. The molecule has 0 bridgehead atoms. The third-order valence-corrected chi connectivity index (χ3v) is 4.53. The SMILES string of the molecule is CCCCN(c1nc(Cl)nc(Cl)n1)C1CC(C)(C)NC(C)(C)C1. The van der Waals surface area contributed by atoms with E-state index >= 15 is 0 Å². The molecule has 5 nitrogen and oxygen atoms in total. The van der Waals surface area contributed by atoms with Gasteiger partial charge in [-0.15, -0.1) is 0 Å². The minimum Gasteiger partial charge on any atom is -0.338 e. The average molecular weight is 360 g/mol. The number of aromatic nitrogens is 3. The second-order valence-electron chi connectivity index (χ2n) is 7.68. The molecular formula is C16H27Cl2N5. The quantitative estimate of drug-likeness (QED) is 0.857. The summed E-state index contributed by atoms with van der Waals surface area (Å²) in [5, 5.41) is 4.01. The Morgan fingerprint density at radius 1 is 1.04 bits per heavy atom. The van der Waals surface area contributed by atoms with Crippen LogP contribution in [0.5, 0.6) is 0 Å². The van der Waals surface area contributed by atoms with E-state index in [0.29, 0.717) is 12.0 Å². The number of nitrogens with zero attached hydrogens (tertiary/aromatic N) is 4. The predicted octanol–water partition coefficient (Wildman–Crippen LogP) is 4.09. The Kier molecular flexibility index (Phi) is 5.75. The average Bonchev–Trinajstić information content (AvgIpc) is 2.34. The zero-order valence-electron chi connectivity index (χ0n) is 14.7. The first-order valence-electron chi connectivity index (χ1n) is 8.25. The van der Waals surface area contributed by atoms with E-state index in [1.54, 1.807) is 0 Å². The van der Waals surface area contributed by atoms with Crippen LogP contribution < -0.4 is 10.2 Å². The lowest BCUT2D eigenvalue weighted by atomic mass is 9.79. The molecule has 2 rings (SSSR count). The minimum absolute atomic E-state index is 0.0531. The van der Waals surface area contributed by atoms with Crippen LogP contribution in [0.4, 0.5) is 5.95 Å². The van der Waals surface area contributed by atoms with Crippen molar-refractivity contribution in [3.05, 3.63) is 10.6 Å². The fraction of sp³-hybridized carbons (Fsp3) is 0.812. The predicted molar refractivity (Wildman–Crippen MR) is 96.4 cm³/mol. The van der Waals surface area contributed by atoms with E-state index in [1.807, 2.05) is 0 Å². The Morgan fingerprint density at radius 2 is 1.57 bits per heavy atom. The monoisotopic (exact) mass is 359 g/mol. The standard InChI is InChI=1S/C16H27Cl2N5/c1-6-7-8-23(14-20-12(17)19-13(18)21-14)11-9-15(2,3)22-16(4,5)10-11/h11,22H,6-10H2,1-5H3. The molecule has 1 N–H and O–H groups in total. The molecule has 0 amide bonds. The van der Waals surface area contributed by atoms with Crippen molar-refractivity contribution in [2.75, 3.05) is 11.4 Å². The Balaban J connectivity index is 2.33. The first-order valence-corrected chi connectivity index (χ1v) is 9.00. The summed E-state index contributed by atoms with van der Waals surface area (Å²) in [6.07, 6.45) is 4.22. The number of hydrogen-bond acceptors (Lipinski definition) is 5. The van der Waals surface area contributed by atoms with E-state index in [9.17, 15) is 0 Å². The topological polar surface area (TPSA) is 53.9 Å². The van der Waals surface area contributed by atoms with Gasteiger partial charge in [0.2, 0.25) is 16.5 Å². The van der Waals surface area contributed by atoms with Crippen LogP contribution >= 0.6 is 23.2 Å². The van der Waals surface area contributed by atoms with Gasteiger partial charge < -0.3 is 10.2 Å².